The highest BCUT2D eigenvalue weighted by Gasteiger charge is 2.34. The molecule has 210 valence electrons. The predicted molar refractivity (Wildman–Crippen MR) is 159 cm³/mol. The normalized spacial score (nSPS) is 16.6. The molecule has 2 aromatic rings. The molecule has 0 amide bonds. The fraction of sp³-hybridized carbons (Fsp3) is 0.543. The molecular formula is C35H46O4. The Kier molecular flexibility index (Phi) is 10.6. The summed E-state index contributed by atoms with van der Waals surface area (Å²) in [5.41, 5.74) is 7.07. The summed E-state index contributed by atoms with van der Waals surface area (Å²) in [6.45, 7) is 13.9. The van der Waals surface area contributed by atoms with Crippen LogP contribution in [0.2, 0.25) is 0 Å². The minimum atomic E-state index is -0.124. The van der Waals surface area contributed by atoms with Crippen LogP contribution in [0.5, 0.6) is 0 Å². The molecule has 0 saturated carbocycles. The molecule has 0 spiro atoms. The first-order valence-electron chi connectivity index (χ1n) is 14.9. The number of hydrogen-bond acceptors (Lipinski definition) is 4. The van der Waals surface area contributed by atoms with E-state index in [4.69, 9.17) is 0 Å². The second-order valence-electron chi connectivity index (χ2n) is 11.8. The summed E-state index contributed by atoms with van der Waals surface area (Å²) in [5.74, 6) is 0.831. The first-order valence-corrected chi connectivity index (χ1v) is 14.9. The van der Waals surface area contributed by atoms with Crippen LogP contribution in [-0.4, -0.2) is 23.1 Å². The third-order valence-corrected chi connectivity index (χ3v) is 8.58. The van der Waals surface area contributed by atoms with E-state index in [9.17, 15) is 19.2 Å². The van der Waals surface area contributed by atoms with Gasteiger partial charge in [-0.15, -0.1) is 0 Å². The average Bonchev–Trinajstić information content (AvgIpc) is 2.88. The molecule has 4 heteroatoms. The van der Waals surface area contributed by atoms with E-state index in [1.54, 1.807) is 0 Å². The molecule has 1 aliphatic carbocycles. The van der Waals surface area contributed by atoms with Gasteiger partial charge in [0.1, 0.15) is 11.6 Å². The number of Topliss-reactive ketones (excluding diaryl/α,β-unsaturated/α-hetero) is 4. The van der Waals surface area contributed by atoms with E-state index in [1.807, 2.05) is 38.1 Å². The zero-order chi connectivity index (χ0) is 28.9. The standard InChI is InChI=1S/C35H46O4/c1-8-11-27(28(9-2)33(38)16-22(6)36)17-24-18-31-29(21(4)5)20-30(23(7)35(31)34(39)19-24)25-12-14-26(15-13-25)32(37)10-3/h12-15,20-21,24,27-28H,8-11,16-19H2,1-7H3. The second kappa shape index (κ2) is 13.5. The number of hydrogen-bond donors (Lipinski definition) is 0. The van der Waals surface area contributed by atoms with Gasteiger partial charge >= 0.3 is 0 Å². The van der Waals surface area contributed by atoms with Crippen LogP contribution in [0.3, 0.4) is 0 Å². The number of rotatable bonds is 13. The fourth-order valence-corrected chi connectivity index (χ4v) is 6.68. The number of carbonyl (C=O) groups is 4. The number of fused-ring (bicyclic) bond motifs is 1. The third kappa shape index (κ3) is 7.01. The Bertz CT molecular complexity index is 1220. The van der Waals surface area contributed by atoms with Crippen molar-refractivity contribution in [3.05, 3.63) is 58.1 Å². The van der Waals surface area contributed by atoms with Gasteiger partial charge in [-0.3, -0.25) is 19.2 Å². The van der Waals surface area contributed by atoms with Gasteiger partial charge in [0, 0.05) is 29.9 Å². The molecule has 0 saturated heterocycles. The second-order valence-corrected chi connectivity index (χ2v) is 11.8. The Hall–Kier alpha value is -2.88. The molecule has 3 atom stereocenters. The number of ketones is 4. The van der Waals surface area contributed by atoms with E-state index in [-0.39, 0.29) is 53.2 Å². The van der Waals surface area contributed by atoms with Crippen LogP contribution in [-0.2, 0) is 16.0 Å². The first-order chi connectivity index (χ1) is 18.5. The quantitative estimate of drug-likeness (QED) is 0.192. The zero-order valence-electron chi connectivity index (χ0n) is 25.0. The zero-order valence-corrected chi connectivity index (χ0v) is 25.0. The van der Waals surface area contributed by atoms with E-state index >= 15 is 0 Å². The summed E-state index contributed by atoms with van der Waals surface area (Å²) in [7, 11) is 0. The molecule has 0 fully saturated rings. The molecule has 0 N–H and O–H groups in total. The van der Waals surface area contributed by atoms with Crippen molar-refractivity contribution < 1.29 is 19.2 Å². The molecule has 4 nitrogen and oxygen atoms in total. The minimum Gasteiger partial charge on any atom is -0.300 e. The smallest absolute Gasteiger partial charge is 0.163 e. The van der Waals surface area contributed by atoms with Crippen LogP contribution >= 0.6 is 0 Å². The van der Waals surface area contributed by atoms with Gasteiger partial charge in [0.15, 0.2) is 11.6 Å². The van der Waals surface area contributed by atoms with Crippen molar-refractivity contribution in [2.45, 2.75) is 106 Å². The largest absolute Gasteiger partial charge is 0.300 e. The first kappa shape index (κ1) is 30.7. The maximum atomic E-state index is 13.8. The highest BCUT2D eigenvalue weighted by Crippen LogP contribution is 2.42. The maximum Gasteiger partial charge on any atom is 0.163 e. The molecule has 1 aliphatic rings. The van der Waals surface area contributed by atoms with Crippen molar-refractivity contribution in [1.82, 2.24) is 0 Å². The Morgan fingerprint density at radius 3 is 2.21 bits per heavy atom. The van der Waals surface area contributed by atoms with Gasteiger partial charge in [0.2, 0.25) is 0 Å². The van der Waals surface area contributed by atoms with Crippen molar-refractivity contribution >= 4 is 23.1 Å². The van der Waals surface area contributed by atoms with Gasteiger partial charge in [-0.2, -0.15) is 0 Å². The fourth-order valence-electron chi connectivity index (χ4n) is 6.68. The minimum absolute atomic E-state index is 0.0121. The molecule has 0 bridgehead atoms. The Labute approximate surface area is 235 Å². The molecule has 3 unspecified atom stereocenters. The van der Waals surface area contributed by atoms with Crippen LogP contribution in [0.15, 0.2) is 30.3 Å². The van der Waals surface area contributed by atoms with E-state index in [0.29, 0.717) is 18.4 Å². The average molecular weight is 531 g/mol. The predicted octanol–water partition coefficient (Wildman–Crippen LogP) is 8.50. The molecule has 2 aromatic carbocycles. The van der Waals surface area contributed by atoms with Crippen LogP contribution in [0.1, 0.15) is 130 Å². The molecule has 3 rings (SSSR count). The summed E-state index contributed by atoms with van der Waals surface area (Å²) in [4.78, 5) is 50.5. The van der Waals surface area contributed by atoms with Crippen molar-refractivity contribution in [1.29, 1.82) is 0 Å². The monoisotopic (exact) mass is 530 g/mol. The van der Waals surface area contributed by atoms with Crippen molar-refractivity contribution in [2.24, 2.45) is 17.8 Å². The summed E-state index contributed by atoms with van der Waals surface area (Å²) in [5, 5.41) is 0. The summed E-state index contributed by atoms with van der Waals surface area (Å²) >= 11 is 0. The van der Waals surface area contributed by atoms with Gasteiger partial charge < -0.3 is 0 Å². The maximum absolute atomic E-state index is 13.8. The number of carbonyl (C=O) groups excluding carboxylic acids is 4. The van der Waals surface area contributed by atoms with E-state index < -0.39 is 0 Å². The molecular weight excluding hydrogens is 484 g/mol. The SMILES string of the molecule is CCCC(CC1CC(=O)c2c(C)c(-c3ccc(C(=O)CC)cc3)cc(C(C)C)c2C1)C(CC)C(=O)CC(C)=O. The summed E-state index contributed by atoms with van der Waals surface area (Å²) < 4.78 is 0. The van der Waals surface area contributed by atoms with Crippen LogP contribution in [0.25, 0.3) is 11.1 Å². The van der Waals surface area contributed by atoms with Crippen LogP contribution < -0.4 is 0 Å². The Morgan fingerprint density at radius 2 is 1.67 bits per heavy atom. The molecule has 0 aliphatic heterocycles. The van der Waals surface area contributed by atoms with Crippen LogP contribution in [0.4, 0.5) is 0 Å². The molecule has 0 heterocycles. The van der Waals surface area contributed by atoms with Crippen molar-refractivity contribution in [2.75, 3.05) is 0 Å². The topological polar surface area (TPSA) is 68.3 Å². The van der Waals surface area contributed by atoms with E-state index in [0.717, 1.165) is 54.4 Å². The third-order valence-electron chi connectivity index (χ3n) is 8.58. The Morgan fingerprint density at radius 1 is 1.00 bits per heavy atom. The summed E-state index contributed by atoms with van der Waals surface area (Å²) in [6, 6.07) is 10.0. The lowest BCUT2D eigenvalue weighted by molar-refractivity contribution is -0.129. The highest BCUT2D eigenvalue weighted by atomic mass is 16.1. The van der Waals surface area contributed by atoms with Gasteiger partial charge in [0.05, 0.1) is 6.42 Å². The lowest BCUT2D eigenvalue weighted by atomic mass is 9.70. The number of benzene rings is 2. The summed E-state index contributed by atoms with van der Waals surface area (Å²) in [6.07, 6.45) is 5.32. The van der Waals surface area contributed by atoms with Crippen molar-refractivity contribution in [3.8, 4) is 11.1 Å². The van der Waals surface area contributed by atoms with Crippen molar-refractivity contribution in [3.63, 3.8) is 0 Å². The van der Waals surface area contributed by atoms with Crippen LogP contribution in [0, 0.1) is 24.7 Å². The molecule has 0 aromatic heterocycles. The molecule has 39 heavy (non-hydrogen) atoms. The van der Waals surface area contributed by atoms with Gasteiger partial charge in [-0.05, 0) is 78.7 Å². The lowest BCUT2D eigenvalue weighted by Gasteiger charge is -2.33. The van der Waals surface area contributed by atoms with Gasteiger partial charge in [-0.25, -0.2) is 0 Å². The van der Waals surface area contributed by atoms with Gasteiger partial charge in [0.25, 0.3) is 0 Å². The molecule has 0 radical (unpaired) electrons. The lowest BCUT2D eigenvalue weighted by Crippen LogP contribution is -2.30. The van der Waals surface area contributed by atoms with Gasteiger partial charge in [-0.1, -0.05) is 77.8 Å². The Balaban J connectivity index is 1.97. The van der Waals surface area contributed by atoms with E-state index in [1.165, 1.54) is 18.1 Å². The van der Waals surface area contributed by atoms with E-state index in [2.05, 4.69) is 33.8 Å². The highest BCUT2D eigenvalue weighted by molar-refractivity contribution is 6.02.